The number of nitrogens with one attached hydrogen (secondary N) is 1. The molecule has 1 aromatic carbocycles. The van der Waals surface area contributed by atoms with Crippen LogP contribution in [0.3, 0.4) is 0 Å². The summed E-state index contributed by atoms with van der Waals surface area (Å²) in [6, 6.07) is 8.48. The first kappa shape index (κ1) is 14.2. The third-order valence-electron chi connectivity index (χ3n) is 2.76. The van der Waals surface area contributed by atoms with Gasteiger partial charge >= 0.3 is 0 Å². The summed E-state index contributed by atoms with van der Waals surface area (Å²) >= 11 is 1.71. The molecular weight excluding hydrogens is 254 g/mol. The maximum atomic E-state index is 4.37. The molecule has 0 bridgehead atoms. The van der Waals surface area contributed by atoms with Gasteiger partial charge in [-0.15, -0.1) is 0 Å². The van der Waals surface area contributed by atoms with Gasteiger partial charge in [0.1, 0.15) is 0 Å². The molecule has 1 N–H and O–H groups in total. The van der Waals surface area contributed by atoms with Gasteiger partial charge in [-0.3, -0.25) is 0 Å². The lowest BCUT2D eigenvalue weighted by molar-refractivity contribution is 0.422. The summed E-state index contributed by atoms with van der Waals surface area (Å²) in [6.07, 6.45) is 3.80. The number of aryl methyl sites for hydroxylation is 1. The van der Waals surface area contributed by atoms with Crippen LogP contribution in [0.25, 0.3) is 0 Å². The van der Waals surface area contributed by atoms with Crippen LogP contribution in [0, 0.1) is 0 Å². The lowest BCUT2D eigenvalue weighted by Gasteiger charge is -2.21. The molecule has 0 atom stereocenters. The van der Waals surface area contributed by atoms with E-state index >= 15 is 0 Å². The number of hydrogen-bond acceptors (Lipinski definition) is 3. The first-order chi connectivity index (χ1) is 8.96. The van der Waals surface area contributed by atoms with Crippen molar-refractivity contribution in [1.82, 2.24) is 14.9 Å². The zero-order valence-electron chi connectivity index (χ0n) is 12.0. The van der Waals surface area contributed by atoms with E-state index in [0.717, 1.165) is 11.7 Å². The molecule has 0 amide bonds. The standard InChI is InChI=1S/C15H21N3S/c1-15(2,3)17-11-12-7-5-6-8-13(12)19-14-16-9-10-18(14)4/h5-10,17H,11H2,1-4H3. The summed E-state index contributed by atoms with van der Waals surface area (Å²) in [5.41, 5.74) is 1.44. The normalized spacial score (nSPS) is 11.8. The second-order valence-electron chi connectivity index (χ2n) is 5.63. The van der Waals surface area contributed by atoms with Crippen LogP contribution in [0.1, 0.15) is 26.3 Å². The van der Waals surface area contributed by atoms with Crippen molar-refractivity contribution in [1.29, 1.82) is 0 Å². The Labute approximate surface area is 119 Å². The first-order valence-electron chi connectivity index (χ1n) is 6.44. The van der Waals surface area contributed by atoms with Crippen LogP contribution in [-0.2, 0) is 13.6 Å². The van der Waals surface area contributed by atoms with E-state index in [-0.39, 0.29) is 5.54 Å². The van der Waals surface area contributed by atoms with E-state index in [2.05, 4.69) is 55.3 Å². The molecule has 0 aliphatic heterocycles. The molecule has 2 aromatic rings. The van der Waals surface area contributed by atoms with Crippen LogP contribution in [0.15, 0.2) is 46.7 Å². The second kappa shape index (κ2) is 5.80. The molecule has 4 heteroatoms. The van der Waals surface area contributed by atoms with E-state index in [0.29, 0.717) is 0 Å². The molecule has 0 aliphatic carbocycles. The minimum Gasteiger partial charge on any atom is -0.329 e. The number of aromatic nitrogens is 2. The van der Waals surface area contributed by atoms with Crippen LogP contribution < -0.4 is 5.32 Å². The molecule has 0 saturated heterocycles. The SMILES string of the molecule is Cn1ccnc1Sc1ccccc1CNC(C)(C)C. The molecule has 1 aromatic heterocycles. The van der Waals surface area contributed by atoms with Gasteiger partial charge in [-0.2, -0.15) is 0 Å². The number of hydrogen-bond donors (Lipinski definition) is 1. The van der Waals surface area contributed by atoms with Crippen LogP contribution in [0.5, 0.6) is 0 Å². The van der Waals surface area contributed by atoms with Gasteiger partial charge in [0, 0.05) is 36.4 Å². The summed E-state index contributed by atoms with van der Waals surface area (Å²) in [7, 11) is 2.02. The molecule has 19 heavy (non-hydrogen) atoms. The van der Waals surface area contributed by atoms with E-state index in [9.17, 15) is 0 Å². The quantitative estimate of drug-likeness (QED) is 0.926. The molecule has 0 saturated carbocycles. The van der Waals surface area contributed by atoms with Gasteiger partial charge in [0.15, 0.2) is 5.16 Å². The highest BCUT2D eigenvalue weighted by Crippen LogP contribution is 2.29. The van der Waals surface area contributed by atoms with Crippen molar-refractivity contribution in [3.05, 3.63) is 42.2 Å². The zero-order valence-corrected chi connectivity index (χ0v) is 12.8. The fraction of sp³-hybridized carbons (Fsp3) is 0.400. The largest absolute Gasteiger partial charge is 0.329 e. The van der Waals surface area contributed by atoms with Gasteiger partial charge in [0.2, 0.25) is 0 Å². The molecule has 0 spiro atoms. The molecule has 0 radical (unpaired) electrons. The van der Waals surface area contributed by atoms with Crippen molar-refractivity contribution in [2.45, 2.75) is 42.9 Å². The van der Waals surface area contributed by atoms with Gasteiger partial charge in [-0.1, -0.05) is 30.0 Å². The average Bonchev–Trinajstić information content (AvgIpc) is 2.73. The average molecular weight is 275 g/mol. The van der Waals surface area contributed by atoms with E-state index in [4.69, 9.17) is 0 Å². The number of imidazole rings is 1. The van der Waals surface area contributed by atoms with Gasteiger partial charge in [0.05, 0.1) is 0 Å². The fourth-order valence-corrected chi connectivity index (χ4v) is 2.59. The highest BCUT2D eigenvalue weighted by molar-refractivity contribution is 7.99. The maximum absolute atomic E-state index is 4.37. The van der Waals surface area contributed by atoms with Crippen molar-refractivity contribution in [2.75, 3.05) is 0 Å². The van der Waals surface area contributed by atoms with Crippen LogP contribution in [0.2, 0.25) is 0 Å². The highest BCUT2D eigenvalue weighted by Gasteiger charge is 2.11. The van der Waals surface area contributed by atoms with Gasteiger partial charge in [-0.05, 0) is 32.4 Å². The Morgan fingerprint density at radius 1 is 1.26 bits per heavy atom. The Bertz CT molecular complexity index is 540. The van der Waals surface area contributed by atoms with E-state index in [1.807, 2.05) is 24.0 Å². The minimum atomic E-state index is 0.126. The van der Waals surface area contributed by atoms with Crippen LogP contribution in [-0.4, -0.2) is 15.1 Å². The number of rotatable bonds is 4. The minimum absolute atomic E-state index is 0.126. The maximum Gasteiger partial charge on any atom is 0.172 e. The summed E-state index contributed by atoms with van der Waals surface area (Å²) in [5, 5.41) is 4.55. The fourth-order valence-electron chi connectivity index (χ4n) is 1.66. The Balaban J connectivity index is 2.15. The first-order valence-corrected chi connectivity index (χ1v) is 7.25. The molecule has 102 valence electrons. The number of nitrogens with zero attached hydrogens (tertiary/aromatic N) is 2. The van der Waals surface area contributed by atoms with Crippen LogP contribution >= 0.6 is 11.8 Å². The topological polar surface area (TPSA) is 29.9 Å². The Morgan fingerprint density at radius 3 is 2.63 bits per heavy atom. The van der Waals surface area contributed by atoms with Crippen molar-refractivity contribution >= 4 is 11.8 Å². The van der Waals surface area contributed by atoms with Crippen molar-refractivity contribution < 1.29 is 0 Å². The highest BCUT2D eigenvalue weighted by atomic mass is 32.2. The van der Waals surface area contributed by atoms with Crippen molar-refractivity contribution in [3.8, 4) is 0 Å². The van der Waals surface area contributed by atoms with E-state index < -0.39 is 0 Å². The van der Waals surface area contributed by atoms with E-state index in [1.54, 1.807) is 11.8 Å². The molecule has 3 nitrogen and oxygen atoms in total. The smallest absolute Gasteiger partial charge is 0.172 e. The molecule has 0 unspecified atom stereocenters. The lowest BCUT2D eigenvalue weighted by Crippen LogP contribution is -2.35. The monoisotopic (exact) mass is 275 g/mol. The van der Waals surface area contributed by atoms with Crippen LogP contribution in [0.4, 0.5) is 0 Å². The van der Waals surface area contributed by atoms with Crippen molar-refractivity contribution in [2.24, 2.45) is 7.05 Å². The third-order valence-corrected chi connectivity index (χ3v) is 3.95. The lowest BCUT2D eigenvalue weighted by atomic mass is 10.1. The third kappa shape index (κ3) is 4.11. The van der Waals surface area contributed by atoms with Gasteiger partial charge in [-0.25, -0.2) is 4.98 Å². The Hall–Kier alpha value is -1.26. The molecule has 0 aliphatic rings. The zero-order chi connectivity index (χ0) is 13.9. The Kier molecular flexibility index (Phi) is 4.32. The predicted molar refractivity (Wildman–Crippen MR) is 80.4 cm³/mol. The molecule has 1 heterocycles. The van der Waals surface area contributed by atoms with Gasteiger partial charge in [0.25, 0.3) is 0 Å². The summed E-state index contributed by atoms with van der Waals surface area (Å²) in [5.74, 6) is 0. The Morgan fingerprint density at radius 2 is 2.00 bits per heavy atom. The molecule has 0 fully saturated rings. The predicted octanol–water partition coefficient (Wildman–Crippen LogP) is 3.46. The summed E-state index contributed by atoms with van der Waals surface area (Å²) in [4.78, 5) is 5.62. The van der Waals surface area contributed by atoms with Crippen molar-refractivity contribution in [3.63, 3.8) is 0 Å². The van der Waals surface area contributed by atoms with E-state index in [1.165, 1.54) is 10.5 Å². The summed E-state index contributed by atoms with van der Waals surface area (Å²) in [6.45, 7) is 7.42. The molecular formula is C15H21N3S. The number of benzene rings is 1. The van der Waals surface area contributed by atoms with Gasteiger partial charge < -0.3 is 9.88 Å². The molecule has 2 rings (SSSR count). The summed E-state index contributed by atoms with van der Waals surface area (Å²) < 4.78 is 2.04. The second-order valence-corrected chi connectivity index (χ2v) is 6.64.